The molecular weight excluding hydrogens is 323 g/mol. The molecule has 5 nitrogen and oxygen atoms in total. The van der Waals surface area contributed by atoms with Crippen molar-refractivity contribution in [3.8, 4) is 11.6 Å². The average Bonchev–Trinajstić information content (AvgIpc) is 2.58. The first kappa shape index (κ1) is 18.0. The molecule has 2 N–H and O–H groups in total. The molecule has 2 aromatic heterocycles. The Labute approximate surface area is 137 Å². The first-order valence-corrected chi connectivity index (χ1v) is 7.37. The summed E-state index contributed by atoms with van der Waals surface area (Å²) in [4.78, 5) is 7.67. The van der Waals surface area contributed by atoms with Gasteiger partial charge in [0.25, 0.3) is 0 Å². The minimum Gasteiger partial charge on any atom is -0.490 e. The van der Waals surface area contributed by atoms with Crippen LogP contribution in [0.2, 0.25) is 0 Å². The van der Waals surface area contributed by atoms with Crippen molar-refractivity contribution in [3.05, 3.63) is 47.9 Å². The van der Waals surface area contributed by atoms with Crippen LogP contribution in [0.15, 0.2) is 36.8 Å². The van der Waals surface area contributed by atoms with Crippen molar-refractivity contribution >= 4 is 0 Å². The molecule has 0 aliphatic carbocycles. The standard InChI is InChI=1S/C16H18F3N3O2/c1-2-11-5-14(8-21-6-11)23-9-13(20)10-24-15-4-3-12(7-22-15)16(17,18)19/h3-8,13H,2,9-10,20H2,1H3/t13-/m1/s1. The lowest BCUT2D eigenvalue weighted by Crippen LogP contribution is -2.34. The number of hydrogen-bond acceptors (Lipinski definition) is 5. The van der Waals surface area contributed by atoms with Crippen molar-refractivity contribution in [1.82, 2.24) is 9.97 Å². The van der Waals surface area contributed by atoms with E-state index in [2.05, 4.69) is 9.97 Å². The molecule has 0 aromatic carbocycles. The van der Waals surface area contributed by atoms with E-state index < -0.39 is 17.8 Å². The van der Waals surface area contributed by atoms with Crippen LogP contribution in [0.4, 0.5) is 13.2 Å². The Kier molecular flexibility index (Phi) is 5.97. The van der Waals surface area contributed by atoms with Gasteiger partial charge in [-0.2, -0.15) is 13.2 Å². The van der Waals surface area contributed by atoms with Gasteiger partial charge in [0.05, 0.1) is 17.8 Å². The summed E-state index contributed by atoms with van der Waals surface area (Å²) in [5.41, 5.74) is 6.08. The number of nitrogens with zero attached hydrogens (tertiary/aromatic N) is 2. The molecule has 0 aliphatic heterocycles. The van der Waals surface area contributed by atoms with E-state index in [0.717, 1.165) is 30.3 Å². The molecule has 0 amide bonds. The maximum atomic E-state index is 12.4. The van der Waals surface area contributed by atoms with Crippen molar-refractivity contribution in [2.45, 2.75) is 25.6 Å². The lowest BCUT2D eigenvalue weighted by Gasteiger charge is -2.14. The van der Waals surface area contributed by atoms with Gasteiger partial charge in [0.1, 0.15) is 19.0 Å². The van der Waals surface area contributed by atoms with Crippen LogP contribution in [0.1, 0.15) is 18.1 Å². The number of nitrogens with two attached hydrogens (primary N) is 1. The van der Waals surface area contributed by atoms with Crippen molar-refractivity contribution < 1.29 is 22.6 Å². The Morgan fingerprint density at radius 1 is 1.12 bits per heavy atom. The van der Waals surface area contributed by atoms with Gasteiger partial charge in [0, 0.05) is 18.5 Å². The zero-order chi connectivity index (χ0) is 17.6. The highest BCUT2D eigenvalue weighted by Crippen LogP contribution is 2.29. The van der Waals surface area contributed by atoms with Gasteiger partial charge in [-0.05, 0) is 24.1 Å². The van der Waals surface area contributed by atoms with Crippen molar-refractivity contribution in [2.24, 2.45) is 5.73 Å². The molecule has 1 atom stereocenters. The molecule has 0 fully saturated rings. The Hall–Kier alpha value is -2.35. The highest BCUT2D eigenvalue weighted by molar-refractivity contribution is 5.23. The molecule has 0 saturated carbocycles. The second-order valence-electron chi connectivity index (χ2n) is 5.15. The van der Waals surface area contributed by atoms with E-state index in [4.69, 9.17) is 15.2 Å². The van der Waals surface area contributed by atoms with E-state index in [-0.39, 0.29) is 19.1 Å². The van der Waals surface area contributed by atoms with E-state index in [1.54, 1.807) is 12.4 Å². The monoisotopic (exact) mass is 341 g/mol. The molecule has 130 valence electrons. The highest BCUT2D eigenvalue weighted by atomic mass is 19.4. The van der Waals surface area contributed by atoms with Crippen LogP contribution in [0.5, 0.6) is 11.6 Å². The van der Waals surface area contributed by atoms with Gasteiger partial charge in [0.15, 0.2) is 0 Å². The van der Waals surface area contributed by atoms with Crippen LogP contribution in [0.25, 0.3) is 0 Å². The number of halogens is 3. The van der Waals surface area contributed by atoms with Crippen LogP contribution in [0.3, 0.4) is 0 Å². The van der Waals surface area contributed by atoms with Crippen LogP contribution in [-0.2, 0) is 12.6 Å². The summed E-state index contributed by atoms with van der Waals surface area (Å²) < 4.78 is 48.1. The second kappa shape index (κ2) is 7.96. The Morgan fingerprint density at radius 3 is 2.50 bits per heavy atom. The van der Waals surface area contributed by atoms with Crippen molar-refractivity contribution in [3.63, 3.8) is 0 Å². The number of alkyl halides is 3. The lowest BCUT2D eigenvalue weighted by molar-refractivity contribution is -0.137. The third-order valence-corrected chi connectivity index (χ3v) is 3.15. The van der Waals surface area contributed by atoms with Gasteiger partial charge in [-0.1, -0.05) is 6.92 Å². The summed E-state index contributed by atoms with van der Waals surface area (Å²) in [6.45, 7) is 2.27. The fourth-order valence-corrected chi connectivity index (χ4v) is 1.81. The number of aromatic nitrogens is 2. The summed E-state index contributed by atoms with van der Waals surface area (Å²) in [5, 5.41) is 0. The molecule has 2 rings (SSSR count). The predicted molar refractivity (Wildman–Crippen MR) is 81.8 cm³/mol. The Balaban J connectivity index is 1.79. The van der Waals surface area contributed by atoms with Gasteiger partial charge in [-0.25, -0.2) is 4.98 Å². The van der Waals surface area contributed by atoms with Gasteiger partial charge >= 0.3 is 6.18 Å². The van der Waals surface area contributed by atoms with E-state index in [0.29, 0.717) is 5.75 Å². The Morgan fingerprint density at radius 2 is 1.88 bits per heavy atom. The summed E-state index contributed by atoms with van der Waals surface area (Å²) in [5.74, 6) is 0.686. The maximum absolute atomic E-state index is 12.4. The number of pyridine rings is 2. The number of rotatable bonds is 7. The van der Waals surface area contributed by atoms with Gasteiger partial charge < -0.3 is 15.2 Å². The average molecular weight is 341 g/mol. The van der Waals surface area contributed by atoms with E-state index in [1.165, 1.54) is 0 Å². The molecule has 2 heterocycles. The van der Waals surface area contributed by atoms with E-state index in [1.807, 2.05) is 13.0 Å². The smallest absolute Gasteiger partial charge is 0.417 e. The molecule has 2 aromatic rings. The summed E-state index contributed by atoms with van der Waals surface area (Å²) in [6, 6.07) is 3.48. The van der Waals surface area contributed by atoms with Gasteiger partial charge in [-0.15, -0.1) is 0 Å². The summed E-state index contributed by atoms with van der Waals surface area (Å²) >= 11 is 0. The Bertz CT molecular complexity index is 648. The van der Waals surface area contributed by atoms with E-state index >= 15 is 0 Å². The third kappa shape index (κ3) is 5.38. The number of ether oxygens (including phenoxy) is 2. The van der Waals surface area contributed by atoms with Crippen molar-refractivity contribution in [2.75, 3.05) is 13.2 Å². The summed E-state index contributed by atoms with van der Waals surface area (Å²) in [7, 11) is 0. The zero-order valence-electron chi connectivity index (χ0n) is 13.1. The van der Waals surface area contributed by atoms with Gasteiger partial charge in [0.2, 0.25) is 5.88 Å². The molecule has 0 aliphatic rings. The molecule has 8 heteroatoms. The molecule has 0 unspecified atom stereocenters. The second-order valence-corrected chi connectivity index (χ2v) is 5.15. The zero-order valence-corrected chi connectivity index (χ0v) is 13.1. The quantitative estimate of drug-likeness (QED) is 0.838. The summed E-state index contributed by atoms with van der Waals surface area (Å²) in [6.07, 6.45) is 0.491. The number of aryl methyl sites for hydroxylation is 1. The maximum Gasteiger partial charge on any atom is 0.417 e. The normalized spacial score (nSPS) is 12.7. The fraction of sp³-hybridized carbons (Fsp3) is 0.375. The molecule has 0 saturated heterocycles. The van der Waals surface area contributed by atoms with E-state index in [9.17, 15) is 13.2 Å². The number of hydrogen-bond donors (Lipinski definition) is 1. The lowest BCUT2D eigenvalue weighted by atomic mass is 10.2. The van der Waals surface area contributed by atoms with Gasteiger partial charge in [-0.3, -0.25) is 4.98 Å². The topological polar surface area (TPSA) is 70.3 Å². The first-order valence-electron chi connectivity index (χ1n) is 7.37. The molecule has 0 bridgehead atoms. The molecule has 24 heavy (non-hydrogen) atoms. The minimum atomic E-state index is -4.42. The molecule has 0 radical (unpaired) electrons. The third-order valence-electron chi connectivity index (χ3n) is 3.15. The minimum absolute atomic E-state index is 0.0687. The SMILES string of the molecule is CCc1cncc(OC[C@@H](N)COc2ccc(C(F)(F)F)cn2)c1. The molecular formula is C16H18F3N3O2. The van der Waals surface area contributed by atoms with Crippen LogP contribution >= 0.6 is 0 Å². The van der Waals surface area contributed by atoms with Crippen LogP contribution in [-0.4, -0.2) is 29.2 Å². The fourth-order valence-electron chi connectivity index (χ4n) is 1.81. The molecule has 0 spiro atoms. The first-order chi connectivity index (χ1) is 11.4. The largest absolute Gasteiger partial charge is 0.490 e. The van der Waals surface area contributed by atoms with Crippen LogP contribution < -0.4 is 15.2 Å². The highest BCUT2D eigenvalue weighted by Gasteiger charge is 2.30. The predicted octanol–water partition coefficient (Wildman–Crippen LogP) is 2.84. The van der Waals surface area contributed by atoms with Crippen molar-refractivity contribution in [1.29, 1.82) is 0 Å². The van der Waals surface area contributed by atoms with Crippen LogP contribution in [0, 0.1) is 0 Å².